The van der Waals surface area contributed by atoms with Gasteiger partial charge in [0.05, 0.1) is 9.16 Å². The molecule has 5 rings (SSSR count). The Morgan fingerprint density at radius 3 is 2.47 bits per heavy atom. The Kier molecular flexibility index (Phi) is 2.93. The molecule has 0 amide bonds. The Balaban J connectivity index is 1.70. The lowest BCUT2D eigenvalue weighted by Gasteiger charge is -2.62. The average molecular weight is 360 g/mol. The molecule has 4 saturated carbocycles. The molecule has 4 aliphatic rings. The average Bonchev–Trinajstić information content (AvgIpc) is 2.71. The molecular formula is C16H20BrClS. The molecule has 1 aromatic rings. The van der Waals surface area contributed by atoms with E-state index in [-0.39, 0.29) is 0 Å². The van der Waals surface area contributed by atoms with Gasteiger partial charge >= 0.3 is 0 Å². The van der Waals surface area contributed by atoms with Crippen LogP contribution in [-0.2, 0) is 0 Å². The second-order valence-electron chi connectivity index (χ2n) is 7.64. The van der Waals surface area contributed by atoms with Gasteiger partial charge in [-0.15, -0.1) is 11.3 Å². The van der Waals surface area contributed by atoms with Crippen LogP contribution in [0.4, 0.5) is 0 Å². The standard InChI is InChI=1S/C16H20BrClS/c1-15-5-10-4-11(6-15)8-16(7-10,9-15)14(17)12-2-3-13(18)19-12/h2-3,10-11,14H,4-9H2,1H3. The molecule has 1 heterocycles. The Morgan fingerprint density at radius 1 is 1.26 bits per heavy atom. The molecule has 3 unspecified atom stereocenters. The maximum Gasteiger partial charge on any atom is 0.0931 e. The molecule has 0 N–H and O–H groups in total. The lowest BCUT2D eigenvalue weighted by Crippen LogP contribution is -2.52. The first-order valence-electron chi connectivity index (χ1n) is 7.37. The third-order valence-corrected chi connectivity index (χ3v) is 8.84. The summed E-state index contributed by atoms with van der Waals surface area (Å²) >= 11 is 12.0. The van der Waals surface area contributed by atoms with Crippen molar-refractivity contribution in [2.24, 2.45) is 22.7 Å². The monoisotopic (exact) mass is 358 g/mol. The topological polar surface area (TPSA) is 0 Å². The fraction of sp³-hybridized carbons (Fsp3) is 0.750. The molecule has 0 radical (unpaired) electrons. The zero-order valence-electron chi connectivity index (χ0n) is 11.3. The lowest BCUT2D eigenvalue weighted by atomic mass is 9.44. The fourth-order valence-electron chi connectivity index (χ4n) is 5.86. The summed E-state index contributed by atoms with van der Waals surface area (Å²) in [6, 6.07) is 4.28. The van der Waals surface area contributed by atoms with Crippen LogP contribution in [0.5, 0.6) is 0 Å². The molecule has 1 aromatic heterocycles. The highest BCUT2D eigenvalue weighted by atomic mass is 79.9. The molecular weight excluding hydrogens is 340 g/mol. The Hall–Kier alpha value is 0.470. The van der Waals surface area contributed by atoms with Gasteiger partial charge in [-0.25, -0.2) is 0 Å². The van der Waals surface area contributed by atoms with E-state index >= 15 is 0 Å². The Bertz CT molecular complexity index is 495. The van der Waals surface area contributed by atoms with Crippen LogP contribution in [0.15, 0.2) is 12.1 Å². The third-order valence-electron chi connectivity index (χ3n) is 5.78. The van der Waals surface area contributed by atoms with Crippen molar-refractivity contribution in [1.29, 1.82) is 0 Å². The van der Waals surface area contributed by atoms with Gasteiger partial charge in [-0.05, 0) is 73.3 Å². The molecule has 4 fully saturated rings. The normalized spacial score (nSPS) is 45.6. The summed E-state index contributed by atoms with van der Waals surface area (Å²) in [6.07, 6.45) is 8.75. The molecule has 4 bridgehead atoms. The van der Waals surface area contributed by atoms with Crippen LogP contribution in [0.25, 0.3) is 0 Å². The molecule has 3 atom stereocenters. The minimum Gasteiger partial charge on any atom is -0.127 e. The van der Waals surface area contributed by atoms with Gasteiger partial charge in [0.1, 0.15) is 0 Å². The van der Waals surface area contributed by atoms with Gasteiger partial charge < -0.3 is 0 Å². The number of alkyl halides is 1. The highest BCUT2D eigenvalue weighted by molar-refractivity contribution is 9.09. The lowest BCUT2D eigenvalue weighted by molar-refractivity contribution is -0.101. The van der Waals surface area contributed by atoms with Crippen molar-refractivity contribution in [3.05, 3.63) is 21.3 Å². The second-order valence-corrected chi connectivity index (χ2v) is 10.3. The van der Waals surface area contributed by atoms with Crippen LogP contribution in [0.1, 0.15) is 55.2 Å². The maximum absolute atomic E-state index is 6.14. The second kappa shape index (κ2) is 4.24. The summed E-state index contributed by atoms with van der Waals surface area (Å²) in [7, 11) is 0. The Labute approximate surface area is 133 Å². The van der Waals surface area contributed by atoms with Crippen molar-refractivity contribution in [2.45, 2.75) is 50.3 Å². The van der Waals surface area contributed by atoms with Crippen molar-refractivity contribution in [3.8, 4) is 0 Å². The van der Waals surface area contributed by atoms with Crippen LogP contribution < -0.4 is 0 Å². The summed E-state index contributed by atoms with van der Waals surface area (Å²) in [5.74, 6) is 1.98. The van der Waals surface area contributed by atoms with Crippen molar-refractivity contribution in [3.63, 3.8) is 0 Å². The number of hydrogen-bond acceptors (Lipinski definition) is 1. The molecule has 0 aromatic carbocycles. The van der Waals surface area contributed by atoms with E-state index in [1.54, 1.807) is 11.3 Å². The van der Waals surface area contributed by atoms with Crippen LogP contribution in [0.3, 0.4) is 0 Å². The number of hydrogen-bond donors (Lipinski definition) is 0. The molecule has 0 spiro atoms. The van der Waals surface area contributed by atoms with E-state index in [4.69, 9.17) is 11.6 Å². The molecule has 4 aliphatic carbocycles. The quantitative estimate of drug-likeness (QED) is 0.533. The van der Waals surface area contributed by atoms with Gasteiger partial charge in [0, 0.05) is 4.88 Å². The minimum atomic E-state index is 0.507. The van der Waals surface area contributed by atoms with Gasteiger partial charge in [0.15, 0.2) is 0 Å². The van der Waals surface area contributed by atoms with Crippen molar-refractivity contribution >= 4 is 38.9 Å². The van der Waals surface area contributed by atoms with E-state index in [0.717, 1.165) is 16.2 Å². The fourth-order valence-corrected chi connectivity index (χ4v) is 8.01. The number of thiophene rings is 1. The summed E-state index contributed by atoms with van der Waals surface area (Å²) in [4.78, 5) is 1.96. The summed E-state index contributed by atoms with van der Waals surface area (Å²) in [5.41, 5.74) is 1.13. The predicted molar refractivity (Wildman–Crippen MR) is 86.2 cm³/mol. The van der Waals surface area contributed by atoms with Crippen LogP contribution in [0.2, 0.25) is 4.34 Å². The van der Waals surface area contributed by atoms with E-state index < -0.39 is 0 Å². The maximum atomic E-state index is 6.14. The van der Waals surface area contributed by atoms with Gasteiger partial charge in [-0.2, -0.15) is 0 Å². The highest BCUT2D eigenvalue weighted by Gasteiger charge is 2.58. The molecule has 0 aliphatic heterocycles. The summed E-state index contributed by atoms with van der Waals surface area (Å²) in [6.45, 7) is 2.54. The molecule has 19 heavy (non-hydrogen) atoms. The third kappa shape index (κ3) is 2.05. The zero-order valence-corrected chi connectivity index (χ0v) is 14.5. The van der Waals surface area contributed by atoms with Crippen LogP contribution in [0, 0.1) is 22.7 Å². The largest absolute Gasteiger partial charge is 0.127 e. The zero-order chi connectivity index (χ0) is 13.3. The smallest absolute Gasteiger partial charge is 0.0931 e. The van der Waals surface area contributed by atoms with E-state index in [0.29, 0.717) is 15.7 Å². The van der Waals surface area contributed by atoms with Crippen molar-refractivity contribution < 1.29 is 0 Å². The van der Waals surface area contributed by atoms with Crippen molar-refractivity contribution in [2.75, 3.05) is 0 Å². The summed E-state index contributed by atoms with van der Waals surface area (Å²) < 4.78 is 0.926. The molecule has 0 saturated heterocycles. The van der Waals surface area contributed by atoms with Gasteiger partial charge in [-0.3, -0.25) is 0 Å². The van der Waals surface area contributed by atoms with Crippen molar-refractivity contribution in [1.82, 2.24) is 0 Å². The first kappa shape index (κ1) is 13.2. The summed E-state index contributed by atoms with van der Waals surface area (Å²) in [5, 5.41) is 0. The van der Waals surface area contributed by atoms with E-state index in [9.17, 15) is 0 Å². The Morgan fingerprint density at radius 2 is 1.95 bits per heavy atom. The number of halogens is 2. The molecule has 0 nitrogen and oxygen atoms in total. The first-order chi connectivity index (χ1) is 8.98. The van der Waals surface area contributed by atoms with Gasteiger partial charge in [0.25, 0.3) is 0 Å². The van der Waals surface area contributed by atoms with E-state index in [1.807, 2.05) is 0 Å². The van der Waals surface area contributed by atoms with Crippen LogP contribution >= 0.6 is 38.9 Å². The SMILES string of the molecule is CC12CC3CC(C1)CC(C(Br)c1ccc(Cl)s1)(C3)C2. The predicted octanol–water partition coefficient (Wildman–Crippen LogP) is 6.44. The minimum absolute atomic E-state index is 0.507. The highest BCUT2D eigenvalue weighted by Crippen LogP contribution is 2.70. The van der Waals surface area contributed by atoms with Crippen LogP contribution in [-0.4, -0.2) is 0 Å². The van der Waals surface area contributed by atoms with E-state index in [1.165, 1.54) is 43.4 Å². The van der Waals surface area contributed by atoms with Gasteiger partial charge in [-0.1, -0.05) is 34.5 Å². The molecule has 3 heteroatoms. The molecule has 104 valence electrons. The van der Waals surface area contributed by atoms with Gasteiger partial charge in [0.2, 0.25) is 0 Å². The van der Waals surface area contributed by atoms with E-state index in [2.05, 4.69) is 35.0 Å². The first-order valence-corrected chi connectivity index (χ1v) is 9.48. The number of rotatable bonds is 2.